The second kappa shape index (κ2) is 3.42. The van der Waals surface area contributed by atoms with Gasteiger partial charge in [-0.15, -0.1) is 11.3 Å². The summed E-state index contributed by atoms with van der Waals surface area (Å²) >= 11 is 1.62. The fraction of sp³-hybridized carbons (Fsp3) is 0.182. The number of aromatic nitrogens is 1. The highest BCUT2D eigenvalue weighted by molar-refractivity contribution is 7.13. The minimum Gasteiger partial charge on any atom is -0.398 e. The van der Waals surface area contributed by atoms with Crippen molar-refractivity contribution in [1.82, 2.24) is 4.98 Å². The summed E-state index contributed by atoms with van der Waals surface area (Å²) in [7, 11) is 0. The van der Waals surface area contributed by atoms with Crippen molar-refractivity contribution >= 4 is 17.0 Å². The highest BCUT2D eigenvalue weighted by atomic mass is 32.1. The van der Waals surface area contributed by atoms with Crippen molar-refractivity contribution in [3.05, 3.63) is 34.8 Å². The zero-order chi connectivity index (χ0) is 10.1. The number of anilines is 1. The standard InChI is InChI=1S/C11H12N2S/c1-7-3-4-9(12)10(8(7)2)11-13-5-6-14-11/h3-6H,12H2,1-2H3. The third kappa shape index (κ3) is 1.40. The molecule has 0 saturated heterocycles. The van der Waals surface area contributed by atoms with Crippen LogP contribution >= 0.6 is 11.3 Å². The van der Waals surface area contributed by atoms with Crippen LogP contribution in [0.5, 0.6) is 0 Å². The van der Waals surface area contributed by atoms with Crippen LogP contribution in [0.1, 0.15) is 11.1 Å². The quantitative estimate of drug-likeness (QED) is 0.725. The maximum atomic E-state index is 5.95. The van der Waals surface area contributed by atoms with Crippen molar-refractivity contribution in [3.63, 3.8) is 0 Å². The van der Waals surface area contributed by atoms with E-state index in [9.17, 15) is 0 Å². The molecule has 0 fully saturated rings. The second-order valence-electron chi connectivity index (χ2n) is 3.31. The van der Waals surface area contributed by atoms with Gasteiger partial charge in [-0.1, -0.05) is 6.07 Å². The molecule has 2 N–H and O–H groups in total. The van der Waals surface area contributed by atoms with Gasteiger partial charge in [-0.05, 0) is 31.0 Å². The monoisotopic (exact) mass is 204 g/mol. The third-order valence-corrected chi connectivity index (χ3v) is 3.20. The molecular weight excluding hydrogens is 192 g/mol. The normalized spacial score (nSPS) is 10.4. The van der Waals surface area contributed by atoms with Gasteiger partial charge in [0.15, 0.2) is 0 Å². The Labute approximate surface area is 87.4 Å². The van der Waals surface area contributed by atoms with Crippen LogP contribution in [0.4, 0.5) is 5.69 Å². The van der Waals surface area contributed by atoms with E-state index in [0.29, 0.717) is 0 Å². The number of hydrogen-bond acceptors (Lipinski definition) is 3. The Morgan fingerprint density at radius 2 is 2.07 bits per heavy atom. The van der Waals surface area contributed by atoms with Gasteiger partial charge >= 0.3 is 0 Å². The summed E-state index contributed by atoms with van der Waals surface area (Å²) in [5.74, 6) is 0. The van der Waals surface area contributed by atoms with Gasteiger partial charge in [0.1, 0.15) is 5.01 Å². The van der Waals surface area contributed by atoms with Crippen LogP contribution in [0.25, 0.3) is 10.6 Å². The highest BCUT2D eigenvalue weighted by Crippen LogP contribution is 2.32. The molecule has 2 rings (SSSR count). The van der Waals surface area contributed by atoms with E-state index < -0.39 is 0 Å². The van der Waals surface area contributed by atoms with Crippen LogP contribution < -0.4 is 5.73 Å². The van der Waals surface area contributed by atoms with Crippen molar-refractivity contribution in [2.45, 2.75) is 13.8 Å². The Morgan fingerprint density at radius 3 is 2.71 bits per heavy atom. The molecule has 72 valence electrons. The predicted octanol–water partition coefficient (Wildman–Crippen LogP) is 3.01. The van der Waals surface area contributed by atoms with Gasteiger partial charge in [0, 0.05) is 22.8 Å². The van der Waals surface area contributed by atoms with E-state index in [2.05, 4.69) is 18.8 Å². The molecule has 0 aliphatic carbocycles. The van der Waals surface area contributed by atoms with E-state index in [-0.39, 0.29) is 0 Å². The van der Waals surface area contributed by atoms with Gasteiger partial charge < -0.3 is 5.73 Å². The fourth-order valence-corrected chi connectivity index (χ4v) is 2.23. The maximum Gasteiger partial charge on any atom is 0.125 e. The number of thiazole rings is 1. The molecule has 0 aliphatic rings. The van der Waals surface area contributed by atoms with Crippen molar-refractivity contribution in [3.8, 4) is 10.6 Å². The lowest BCUT2D eigenvalue weighted by molar-refractivity contribution is 1.32. The lowest BCUT2D eigenvalue weighted by Crippen LogP contribution is -1.94. The van der Waals surface area contributed by atoms with Gasteiger partial charge in [-0.3, -0.25) is 0 Å². The lowest BCUT2D eigenvalue weighted by Gasteiger charge is -2.08. The molecule has 0 unspecified atom stereocenters. The molecule has 1 heterocycles. The molecule has 0 amide bonds. The van der Waals surface area contributed by atoms with Crippen LogP contribution in [0.3, 0.4) is 0 Å². The van der Waals surface area contributed by atoms with E-state index in [0.717, 1.165) is 16.3 Å². The van der Waals surface area contributed by atoms with Crippen LogP contribution in [-0.2, 0) is 0 Å². The van der Waals surface area contributed by atoms with E-state index >= 15 is 0 Å². The zero-order valence-corrected chi connectivity index (χ0v) is 9.06. The molecule has 0 aliphatic heterocycles. The Hall–Kier alpha value is -1.35. The molecule has 0 atom stereocenters. The van der Waals surface area contributed by atoms with Crippen LogP contribution in [0.2, 0.25) is 0 Å². The molecule has 2 aromatic rings. The Balaban J connectivity index is 2.69. The summed E-state index contributed by atoms with van der Waals surface area (Å²) in [6, 6.07) is 3.99. The first-order valence-corrected chi connectivity index (χ1v) is 5.33. The zero-order valence-electron chi connectivity index (χ0n) is 8.24. The fourth-order valence-electron chi connectivity index (χ4n) is 1.47. The number of hydrogen-bond donors (Lipinski definition) is 1. The second-order valence-corrected chi connectivity index (χ2v) is 4.20. The first-order valence-electron chi connectivity index (χ1n) is 4.45. The van der Waals surface area contributed by atoms with Crippen molar-refractivity contribution < 1.29 is 0 Å². The third-order valence-electron chi connectivity index (χ3n) is 2.41. The van der Waals surface area contributed by atoms with E-state index in [1.165, 1.54) is 11.1 Å². The molecule has 3 heteroatoms. The van der Waals surface area contributed by atoms with Crippen LogP contribution in [0.15, 0.2) is 23.7 Å². The Morgan fingerprint density at radius 1 is 1.29 bits per heavy atom. The maximum absolute atomic E-state index is 5.95. The number of nitrogens with two attached hydrogens (primary N) is 1. The summed E-state index contributed by atoms with van der Waals surface area (Å²) in [6.07, 6.45) is 1.81. The number of nitrogens with zero attached hydrogens (tertiary/aromatic N) is 1. The molecule has 1 aromatic carbocycles. The summed E-state index contributed by atoms with van der Waals surface area (Å²) in [5, 5.41) is 2.97. The van der Waals surface area contributed by atoms with Gasteiger partial charge in [0.05, 0.1) is 0 Å². The minimum atomic E-state index is 0.808. The molecule has 0 radical (unpaired) electrons. The minimum absolute atomic E-state index is 0.808. The number of nitrogen functional groups attached to an aromatic ring is 1. The number of rotatable bonds is 1. The van der Waals surface area contributed by atoms with Crippen LogP contribution in [-0.4, -0.2) is 4.98 Å². The molecule has 2 nitrogen and oxygen atoms in total. The van der Waals surface area contributed by atoms with Gasteiger partial charge in [-0.25, -0.2) is 4.98 Å². The van der Waals surface area contributed by atoms with Gasteiger partial charge in [-0.2, -0.15) is 0 Å². The summed E-state index contributed by atoms with van der Waals surface area (Å²) in [6.45, 7) is 4.17. The Bertz CT molecular complexity index is 447. The summed E-state index contributed by atoms with van der Waals surface area (Å²) in [5.41, 5.74) is 10.3. The van der Waals surface area contributed by atoms with Gasteiger partial charge in [0.2, 0.25) is 0 Å². The summed E-state index contributed by atoms with van der Waals surface area (Å²) in [4.78, 5) is 4.29. The smallest absolute Gasteiger partial charge is 0.125 e. The first kappa shape index (κ1) is 9.21. The topological polar surface area (TPSA) is 38.9 Å². The molecule has 0 saturated carbocycles. The van der Waals surface area contributed by atoms with Crippen molar-refractivity contribution in [2.24, 2.45) is 0 Å². The van der Waals surface area contributed by atoms with E-state index in [4.69, 9.17) is 5.73 Å². The number of aryl methyl sites for hydroxylation is 1. The molecule has 0 bridgehead atoms. The van der Waals surface area contributed by atoms with E-state index in [1.807, 2.05) is 17.5 Å². The van der Waals surface area contributed by atoms with E-state index in [1.54, 1.807) is 17.5 Å². The van der Waals surface area contributed by atoms with Crippen molar-refractivity contribution in [2.75, 3.05) is 5.73 Å². The molecule has 1 aromatic heterocycles. The van der Waals surface area contributed by atoms with Gasteiger partial charge in [0.25, 0.3) is 0 Å². The van der Waals surface area contributed by atoms with Crippen molar-refractivity contribution in [1.29, 1.82) is 0 Å². The highest BCUT2D eigenvalue weighted by Gasteiger charge is 2.09. The Kier molecular flexibility index (Phi) is 2.25. The first-order chi connectivity index (χ1) is 6.70. The molecule has 14 heavy (non-hydrogen) atoms. The average Bonchev–Trinajstić information content (AvgIpc) is 2.65. The SMILES string of the molecule is Cc1ccc(N)c(-c2nccs2)c1C. The molecule has 0 spiro atoms. The largest absolute Gasteiger partial charge is 0.398 e. The lowest BCUT2D eigenvalue weighted by atomic mass is 10.0. The van der Waals surface area contributed by atoms with Crippen LogP contribution in [0, 0.1) is 13.8 Å². The predicted molar refractivity (Wildman–Crippen MR) is 61.4 cm³/mol. The molecular formula is C11H12N2S. The summed E-state index contributed by atoms with van der Waals surface area (Å²) < 4.78 is 0. The average molecular weight is 204 g/mol. The number of benzene rings is 1.